The van der Waals surface area contributed by atoms with Crippen LogP contribution in [0.3, 0.4) is 0 Å². The number of carbonyl (C=O) groups is 2. The number of rotatable bonds is 5. The molecule has 0 bridgehead atoms. The molecule has 114 valence electrons. The second kappa shape index (κ2) is 6.66. The number of carboxylic acid groups (broad SMARTS) is 2. The number of benzene rings is 2. The van der Waals surface area contributed by atoms with Crippen molar-refractivity contribution >= 4 is 23.7 Å². The third-order valence-corrected chi connectivity index (χ3v) is 4.30. The van der Waals surface area contributed by atoms with E-state index in [2.05, 4.69) is 13.8 Å². The lowest BCUT2D eigenvalue weighted by atomic mass is 10.0. The van der Waals surface area contributed by atoms with Crippen molar-refractivity contribution in [2.75, 3.05) is 0 Å². The average Bonchev–Trinajstić information content (AvgIpc) is 2.47. The molecule has 2 aromatic rings. The van der Waals surface area contributed by atoms with Crippen molar-refractivity contribution < 1.29 is 19.8 Å². The summed E-state index contributed by atoms with van der Waals surface area (Å²) in [7, 11) is 0. The molecule has 22 heavy (non-hydrogen) atoms. The van der Waals surface area contributed by atoms with Gasteiger partial charge < -0.3 is 10.2 Å². The van der Waals surface area contributed by atoms with Crippen LogP contribution in [-0.4, -0.2) is 22.2 Å². The Bertz CT molecular complexity index is 705. The second-order valence-corrected chi connectivity index (χ2v) is 6.26. The molecule has 5 heteroatoms. The van der Waals surface area contributed by atoms with Crippen LogP contribution in [0.25, 0.3) is 0 Å². The van der Waals surface area contributed by atoms with Crippen molar-refractivity contribution in [1.82, 2.24) is 0 Å². The number of carboxylic acids is 2. The zero-order valence-corrected chi connectivity index (χ0v) is 13.1. The van der Waals surface area contributed by atoms with Gasteiger partial charge in [-0.1, -0.05) is 37.7 Å². The van der Waals surface area contributed by atoms with Crippen LogP contribution in [0.5, 0.6) is 0 Å². The molecule has 0 aliphatic carbocycles. The molecule has 0 aliphatic heterocycles. The molecule has 0 saturated carbocycles. The normalized spacial score (nSPS) is 10.7. The Morgan fingerprint density at radius 1 is 0.955 bits per heavy atom. The van der Waals surface area contributed by atoms with Crippen molar-refractivity contribution in [1.29, 1.82) is 0 Å². The highest BCUT2D eigenvalue weighted by atomic mass is 32.2. The van der Waals surface area contributed by atoms with Crippen molar-refractivity contribution in [3.05, 3.63) is 59.2 Å². The smallest absolute Gasteiger partial charge is 0.336 e. The first-order valence-electron chi connectivity index (χ1n) is 6.77. The SMILES string of the molecule is CC(C)c1ccc(Sc2cc(C(=O)O)ccc2C(=O)O)cc1. The molecule has 2 N–H and O–H groups in total. The maximum absolute atomic E-state index is 11.3. The number of hydrogen-bond donors (Lipinski definition) is 2. The summed E-state index contributed by atoms with van der Waals surface area (Å²) >= 11 is 1.25. The largest absolute Gasteiger partial charge is 0.478 e. The van der Waals surface area contributed by atoms with Crippen molar-refractivity contribution in [3.63, 3.8) is 0 Å². The Hall–Kier alpha value is -2.27. The zero-order valence-electron chi connectivity index (χ0n) is 12.2. The Kier molecular flexibility index (Phi) is 4.88. The van der Waals surface area contributed by atoms with E-state index in [4.69, 9.17) is 5.11 Å². The molecular weight excluding hydrogens is 300 g/mol. The molecule has 0 amide bonds. The van der Waals surface area contributed by atoms with Crippen LogP contribution in [0.15, 0.2) is 52.3 Å². The van der Waals surface area contributed by atoms with Gasteiger partial charge in [-0.3, -0.25) is 0 Å². The molecule has 0 fully saturated rings. The first-order chi connectivity index (χ1) is 10.4. The average molecular weight is 316 g/mol. The van der Waals surface area contributed by atoms with Crippen LogP contribution in [0.4, 0.5) is 0 Å². The minimum absolute atomic E-state index is 0.0753. The molecule has 0 atom stereocenters. The lowest BCUT2D eigenvalue weighted by molar-refractivity contribution is 0.0678. The summed E-state index contributed by atoms with van der Waals surface area (Å²) in [6.07, 6.45) is 0. The van der Waals surface area contributed by atoms with Gasteiger partial charge in [0.05, 0.1) is 11.1 Å². The molecule has 4 nitrogen and oxygen atoms in total. The van der Waals surface area contributed by atoms with Crippen molar-refractivity contribution in [2.24, 2.45) is 0 Å². The fourth-order valence-corrected chi connectivity index (χ4v) is 2.94. The van der Waals surface area contributed by atoms with Gasteiger partial charge in [0.1, 0.15) is 0 Å². The van der Waals surface area contributed by atoms with E-state index in [1.54, 1.807) is 0 Å². The lowest BCUT2D eigenvalue weighted by Crippen LogP contribution is -2.02. The van der Waals surface area contributed by atoms with Gasteiger partial charge in [0.2, 0.25) is 0 Å². The molecule has 2 rings (SSSR count). The minimum Gasteiger partial charge on any atom is -0.478 e. The summed E-state index contributed by atoms with van der Waals surface area (Å²) in [6, 6.07) is 11.8. The van der Waals surface area contributed by atoms with Crippen molar-refractivity contribution in [3.8, 4) is 0 Å². The summed E-state index contributed by atoms with van der Waals surface area (Å²) in [4.78, 5) is 23.6. The van der Waals surface area contributed by atoms with Crippen LogP contribution in [0.2, 0.25) is 0 Å². The van der Waals surface area contributed by atoms with Gasteiger partial charge in [-0.15, -0.1) is 0 Å². The third kappa shape index (κ3) is 3.68. The summed E-state index contributed by atoms with van der Waals surface area (Å²) in [6.45, 7) is 4.20. The third-order valence-electron chi connectivity index (χ3n) is 3.23. The first-order valence-corrected chi connectivity index (χ1v) is 7.58. The Balaban J connectivity index is 2.36. The highest BCUT2D eigenvalue weighted by molar-refractivity contribution is 7.99. The van der Waals surface area contributed by atoms with Gasteiger partial charge in [-0.2, -0.15) is 0 Å². The molecule has 0 radical (unpaired) electrons. The van der Waals surface area contributed by atoms with Crippen LogP contribution in [0, 0.1) is 0 Å². The van der Waals surface area contributed by atoms with Gasteiger partial charge >= 0.3 is 11.9 Å². The van der Waals surface area contributed by atoms with E-state index in [9.17, 15) is 14.7 Å². The van der Waals surface area contributed by atoms with Gasteiger partial charge in [0.25, 0.3) is 0 Å². The van der Waals surface area contributed by atoms with Gasteiger partial charge in [0, 0.05) is 9.79 Å². The first kappa shape index (κ1) is 16.1. The predicted molar refractivity (Wildman–Crippen MR) is 85.0 cm³/mol. The van der Waals surface area contributed by atoms with E-state index in [-0.39, 0.29) is 11.1 Å². The summed E-state index contributed by atoms with van der Waals surface area (Å²) in [5, 5.41) is 18.3. The molecule has 0 spiro atoms. The molecule has 0 unspecified atom stereocenters. The van der Waals surface area contributed by atoms with E-state index in [1.165, 1.54) is 35.5 Å². The second-order valence-electron chi connectivity index (χ2n) is 5.15. The van der Waals surface area contributed by atoms with Crippen molar-refractivity contribution in [2.45, 2.75) is 29.6 Å². The Morgan fingerprint density at radius 3 is 2.09 bits per heavy atom. The Labute approximate surface area is 132 Å². The van der Waals surface area contributed by atoms with Crippen LogP contribution in [-0.2, 0) is 0 Å². The van der Waals surface area contributed by atoms with E-state index < -0.39 is 11.9 Å². The molecule has 2 aromatic carbocycles. The monoisotopic (exact) mass is 316 g/mol. The Morgan fingerprint density at radius 2 is 1.59 bits per heavy atom. The fourth-order valence-electron chi connectivity index (χ4n) is 1.96. The van der Waals surface area contributed by atoms with E-state index >= 15 is 0 Å². The topological polar surface area (TPSA) is 74.6 Å². The maximum Gasteiger partial charge on any atom is 0.336 e. The maximum atomic E-state index is 11.3. The van der Waals surface area contributed by atoms with Crippen LogP contribution >= 0.6 is 11.8 Å². The predicted octanol–water partition coefficient (Wildman–Crippen LogP) is 4.36. The van der Waals surface area contributed by atoms with Gasteiger partial charge in [-0.25, -0.2) is 9.59 Å². The highest BCUT2D eigenvalue weighted by Gasteiger charge is 2.14. The van der Waals surface area contributed by atoms with Gasteiger partial charge in [-0.05, 0) is 41.8 Å². The fraction of sp³-hybridized carbons (Fsp3) is 0.176. The van der Waals surface area contributed by atoms with E-state index in [0.717, 1.165) is 4.90 Å². The lowest BCUT2D eigenvalue weighted by Gasteiger charge is -2.09. The molecule has 0 aromatic heterocycles. The summed E-state index contributed by atoms with van der Waals surface area (Å²) in [5.41, 5.74) is 1.37. The summed E-state index contributed by atoms with van der Waals surface area (Å²) in [5.74, 6) is -1.73. The molecular formula is C17H16O4S. The number of hydrogen-bond acceptors (Lipinski definition) is 3. The molecule has 0 heterocycles. The van der Waals surface area contributed by atoms with E-state index in [0.29, 0.717) is 10.8 Å². The standard InChI is InChI=1S/C17H16O4S/c1-10(2)11-3-6-13(7-4-11)22-15-9-12(16(18)19)5-8-14(15)17(20)21/h3-10H,1-2H3,(H,18,19)(H,20,21). The van der Waals surface area contributed by atoms with E-state index in [1.807, 2.05) is 24.3 Å². The molecule has 0 saturated heterocycles. The number of aromatic carboxylic acids is 2. The highest BCUT2D eigenvalue weighted by Crippen LogP contribution is 2.32. The summed E-state index contributed by atoms with van der Waals surface area (Å²) < 4.78 is 0. The molecule has 0 aliphatic rings. The quantitative estimate of drug-likeness (QED) is 0.857. The zero-order chi connectivity index (χ0) is 16.3. The minimum atomic E-state index is -1.08. The van der Waals surface area contributed by atoms with Gasteiger partial charge in [0.15, 0.2) is 0 Å². The van der Waals surface area contributed by atoms with Crippen LogP contribution in [0.1, 0.15) is 46.0 Å². The van der Waals surface area contributed by atoms with Crippen LogP contribution < -0.4 is 0 Å².